The predicted molar refractivity (Wildman–Crippen MR) is 117 cm³/mol. The molecule has 1 atom stereocenters. The number of hydrogen-bond acceptors (Lipinski definition) is 5. The number of esters is 1. The zero-order chi connectivity index (χ0) is 21.1. The molecule has 6 heteroatoms. The van der Waals surface area contributed by atoms with Crippen molar-refractivity contribution in [1.82, 2.24) is 0 Å². The van der Waals surface area contributed by atoms with Crippen LogP contribution in [0.5, 0.6) is 0 Å². The van der Waals surface area contributed by atoms with Crippen LogP contribution in [-0.4, -0.2) is 18.5 Å². The van der Waals surface area contributed by atoms with Crippen LogP contribution in [0.1, 0.15) is 34.9 Å². The van der Waals surface area contributed by atoms with Gasteiger partial charge in [-0.15, -0.1) is 11.3 Å². The Morgan fingerprint density at radius 2 is 2.03 bits per heavy atom. The first-order valence-electron chi connectivity index (χ1n) is 10.0. The maximum atomic E-state index is 12.3. The number of carbonyl (C=O) groups excluding carboxylic acids is 2. The van der Waals surface area contributed by atoms with Crippen molar-refractivity contribution in [2.24, 2.45) is 5.92 Å². The molecule has 0 spiro atoms. The molecule has 2 aromatic carbocycles. The van der Waals surface area contributed by atoms with Gasteiger partial charge in [0.15, 0.2) is 6.61 Å². The first-order chi connectivity index (χ1) is 14.5. The summed E-state index contributed by atoms with van der Waals surface area (Å²) in [5, 5.41) is 14.9. The number of benzene rings is 2. The number of nitriles is 1. The zero-order valence-corrected chi connectivity index (χ0v) is 17.6. The van der Waals surface area contributed by atoms with Gasteiger partial charge in [0.25, 0.3) is 5.91 Å². The molecule has 1 unspecified atom stereocenters. The number of rotatable bonds is 5. The van der Waals surface area contributed by atoms with E-state index in [1.165, 1.54) is 16.2 Å². The number of hydrogen-bond donors (Lipinski definition) is 1. The number of fused-ring (bicyclic) bond motifs is 2. The molecule has 0 saturated carbocycles. The molecule has 0 radical (unpaired) electrons. The van der Waals surface area contributed by atoms with E-state index in [9.17, 15) is 14.9 Å². The van der Waals surface area contributed by atoms with Gasteiger partial charge in [-0.2, -0.15) is 5.26 Å². The lowest BCUT2D eigenvalue weighted by atomic mass is 9.89. The largest absolute Gasteiger partial charge is 0.455 e. The molecule has 0 fully saturated rings. The van der Waals surface area contributed by atoms with Crippen molar-refractivity contribution in [3.8, 4) is 6.07 Å². The predicted octanol–water partition coefficient (Wildman–Crippen LogP) is 4.62. The highest BCUT2D eigenvalue weighted by molar-refractivity contribution is 7.16. The molecule has 5 nitrogen and oxygen atoms in total. The third kappa shape index (κ3) is 4.22. The van der Waals surface area contributed by atoms with E-state index in [1.54, 1.807) is 0 Å². The second kappa shape index (κ2) is 8.68. The summed E-state index contributed by atoms with van der Waals surface area (Å²) in [6.07, 6.45) is 2.96. The fourth-order valence-electron chi connectivity index (χ4n) is 3.92. The average molecular weight is 419 g/mol. The number of ether oxygens (including phenoxy) is 1. The highest BCUT2D eigenvalue weighted by Crippen LogP contribution is 2.39. The van der Waals surface area contributed by atoms with Crippen molar-refractivity contribution in [3.05, 3.63) is 64.0 Å². The van der Waals surface area contributed by atoms with Crippen molar-refractivity contribution in [2.45, 2.75) is 32.6 Å². The van der Waals surface area contributed by atoms with E-state index in [4.69, 9.17) is 4.74 Å². The topological polar surface area (TPSA) is 79.2 Å². The minimum atomic E-state index is -0.457. The first kappa shape index (κ1) is 20.1. The minimum Gasteiger partial charge on any atom is -0.455 e. The molecule has 1 aromatic heterocycles. The summed E-state index contributed by atoms with van der Waals surface area (Å²) >= 11 is 1.46. The summed E-state index contributed by atoms with van der Waals surface area (Å²) in [6, 6.07) is 15.8. The molecule has 152 valence electrons. The summed E-state index contributed by atoms with van der Waals surface area (Å²) < 4.78 is 5.19. The van der Waals surface area contributed by atoms with Crippen molar-refractivity contribution in [1.29, 1.82) is 5.26 Å². The van der Waals surface area contributed by atoms with E-state index in [1.807, 2.05) is 42.5 Å². The number of nitrogens with one attached hydrogen (secondary N) is 1. The van der Waals surface area contributed by atoms with Crippen LogP contribution in [0.4, 0.5) is 5.00 Å². The van der Waals surface area contributed by atoms with Crippen LogP contribution in [0.2, 0.25) is 0 Å². The molecule has 1 aliphatic rings. The van der Waals surface area contributed by atoms with Gasteiger partial charge in [0.1, 0.15) is 11.1 Å². The lowest BCUT2D eigenvalue weighted by molar-refractivity contribution is -0.146. The van der Waals surface area contributed by atoms with Gasteiger partial charge in [-0.1, -0.05) is 49.4 Å². The van der Waals surface area contributed by atoms with Gasteiger partial charge in [0.05, 0.1) is 12.0 Å². The molecule has 1 N–H and O–H groups in total. The Morgan fingerprint density at radius 3 is 2.87 bits per heavy atom. The smallest absolute Gasteiger partial charge is 0.310 e. The quantitative estimate of drug-likeness (QED) is 0.613. The van der Waals surface area contributed by atoms with Crippen LogP contribution in [-0.2, 0) is 33.6 Å². The summed E-state index contributed by atoms with van der Waals surface area (Å²) in [7, 11) is 0. The Morgan fingerprint density at radius 1 is 1.23 bits per heavy atom. The zero-order valence-electron chi connectivity index (χ0n) is 16.7. The maximum absolute atomic E-state index is 12.3. The summed E-state index contributed by atoms with van der Waals surface area (Å²) in [6.45, 7) is 1.83. The van der Waals surface area contributed by atoms with E-state index in [0.29, 0.717) is 16.5 Å². The van der Waals surface area contributed by atoms with Crippen LogP contribution in [0.25, 0.3) is 10.8 Å². The molecule has 0 saturated heterocycles. The minimum absolute atomic E-state index is 0.100. The van der Waals surface area contributed by atoms with Gasteiger partial charge < -0.3 is 10.1 Å². The Hall–Kier alpha value is -3.17. The standard InChI is InChI=1S/C24H22N2O3S/c1-15-9-10-19-20(13-25)24(30-21(19)11-15)26-22(27)14-29-23(28)12-17-7-4-6-16-5-2-3-8-18(16)17/h2-8,15H,9-12,14H2,1H3,(H,26,27). The lowest BCUT2D eigenvalue weighted by Crippen LogP contribution is -2.21. The van der Waals surface area contributed by atoms with Gasteiger partial charge in [-0.05, 0) is 47.1 Å². The van der Waals surface area contributed by atoms with Gasteiger partial charge in [0, 0.05) is 4.88 Å². The van der Waals surface area contributed by atoms with Gasteiger partial charge in [-0.3, -0.25) is 9.59 Å². The Balaban J connectivity index is 1.37. The molecule has 1 heterocycles. The van der Waals surface area contributed by atoms with Gasteiger partial charge in [0.2, 0.25) is 0 Å². The summed E-state index contributed by atoms with van der Waals surface area (Å²) in [5.74, 6) is -0.299. The summed E-state index contributed by atoms with van der Waals surface area (Å²) in [5.41, 5.74) is 2.48. The maximum Gasteiger partial charge on any atom is 0.310 e. The summed E-state index contributed by atoms with van der Waals surface area (Å²) in [4.78, 5) is 25.8. The highest BCUT2D eigenvalue weighted by atomic mass is 32.1. The monoisotopic (exact) mass is 418 g/mol. The Labute approximate surface area is 179 Å². The van der Waals surface area contributed by atoms with Crippen LogP contribution in [0.3, 0.4) is 0 Å². The van der Waals surface area contributed by atoms with E-state index in [2.05, 4.69) is 18.3 Å². The van der Waals surface area contributed by atoms with E-state index < -0.39 is 11.9 Å². The van der Waals surface area contributed by atoms with E-state index in [0.717, 1.165) is 41.2 Å². The van der Waals surface area contributed by atoms with Crippen LogP contribution in [0, 0.1) is 17.2 Å². The fraction of sp³-hybridized carbons (Fsp3) is 0.292. The molecular formula is C24H22N2O3S. The van der Waals surface area contributed by atoms with Crippen LogP contribution in [0.15, 0.2) is 42.5 Å². The lowest BCUT2D eigenvalue weighted by Gasteiger charge is -2.17. The Bertz CT molecular complexity index is 1150. The normalized spacial score (nSPS) is 15.3. The third-order valence-corrected chi connectivity index (χ3v) is 6.63. The molecule has 0 bridgehead atoms. The van der Waals surface area contributed by atoms with Crippen LogP contribution >= 0.6 is 11.3 Å². The van der Waals surface area contributed by atoms with Gasteiger partial charge >= 0.3 is 5.97 Å². The van der Waals surface area contributed by atoms with Crippen molar-refractivity contribution >= 4 is 39.0 Å². The van der Waals surface area contributed by atoms with E-state index >= 15 is 0 Å². The third-order valence-electron chi connectivity index (χ3n) is 5.46. The number of carbonyl (C=O) groups is 2. The first-order valence-corrected chi connectivity index (χ1v) is 10.8. The molecule has 1 aliphatic carbocycles. The molecule has 30 heavy (non-hydrogen) atoms. The number of nitrogens with zero attached hydrogens (tertiary/aromatic N) is 1. The van der Waals surface area contributed by atoms with E-state index in [-0.39, 0.29) is 13.0 Å². The van der Waals surface area contributed by atoms with Crippen molar-refractivity contribution < 1.29 is 14.3 Å². The van der Waals surface area contributed by atoms with Crippen LogP contribution < -0.4 is 5.32 Å². The SMILES string of the molecule is CC1CCc2c(sc(NC(=O)COC(=O)Cc3cccc4ccccc34)c2C#N)C1. The van der Waals surface area contributed by atoms with Crippen molar-refractivity contribution in [2.75, 3.05) is 11.9 Å². The number of amides is 1. The molecule has 1 amide bonds. The average Bonchev–Trinajstić information content (AvgIpc) is 3.08. The molecule has 3 aromatic rings. The fourth-order valence-corrected chi connectivity index (χ4v) is 5.30. The molecule has 4 rings (SSSR count). The second-order valence-electron chi connectivity index (χ2n) is 7.69. The Kier molecular flexibility index (Phi) is 5.82. The number of anilines is 1. The molecular weight excluding hydrogens is 396 g/mol. The molecule has 0 aliphatic heterocycles. The van der Waals surface area contributed by atoms with Crippen molar-refractivity contribution in [3.63, 3.8) is 0 Å². The number of thiophene rings is 1. The van der Waals surface area contributed by atoms with Gasteiger partial charge in [-0.25, -0.2) is 0 Å². The highest BCUT2D eigenvalue weighted by Gasteiger charge is 2.24. The second-order valence-corrected chi connectivity index (χ2v) is 8.80.